The number of rotatable bonds is 3. The van der Waals surface area contributed by atoms with Crippen LogP contribution in [0.2, 0.25) is 0 Å². The van der Waals surface area contributed by atoms with Crippen LogP contribution in [0.5, 0.6) is 0 Å². The summed E-state index contributed by atoms with van der Waals surface area (Å²) < 4.78 is 0.409. The van der Waals surface area contributed by atoms with Crippen molar-refractivity contribution in [3.05, 3.63) is 22.4 Å². The molecule has 2 unspecified atom stereocenters. The van der Waals surface area contributed by atoms with Crippen LogP contribution in [0.15, 0.2) is 17.5 Å². The molecule has 2 N–H and O–H groups in total. The van der Waals surface area contributed by atoms with Gasteiger partial charge < -0.3 is 5.73 Å². The molecule has 2 nitrogen and oxygen atoms in total. The molecule has 0 spiro atoms. The van der Waals surface area contributed by atoms with Crippen LogP contribution in [0.1, 0.15) is 38.1 Å². The summed E-state index contributed by atoms with van der Waals surface area (Å²) >= 11 is 3.92. The van der Waals surface area contributed by atoms with Crippen LogP contribution >= 0.6 is 23.1 Å². The second-order valence-corrected chi connectivity index (χ2v) is 8.49. The minimum absolute atomic E-state index is 0.190. The fraction of sp³-hybridized carbons (Fsp3) is 0.714. The lowest BCUT2D eigenvalue weighted by molar-refractivity contribution is 0.187. The van der Waals surface area contributed by atoms with Gasteiger partial charge in [-0.1, -0.05) is 19.9 Å². The first-order valence-electron chi connectivity index (χ1n) is 6.66. The van der Waals surface area contributed by atoms with Crippen molar-refractivity contribution in [2.45, 2.75) is 44.0 Å². The molecule has 0 aliphatic carbocycles. The molecule has 1 saturated heterocycles. The summed E-state index contributed by atoms with van der Waals surface area (Å²) in [6.45, 7) is 9.15. The van der Waals surface area contributed by atoms with Crippen molar-refractivity contribution in [1.29, 1.82) is 0 Å². The third-order valence-corrected chi connectivity index (χ3v) is 5.91. The average molecular weight is 284 g/mol. The lowest BCUT2D eigenvalue weighted by Crippen LogP contribution is -2.40. The molecular weight excluding hydrogens is 260 g/mol. The van der Waals surface area contributed by atoms with Crippen molar-refractivity contribution >= 4 is 23.1 Å². The van der Waals surface area contributed by atoms with Crippen LogP contribution in [0.4, 0.5) is 0 Å². The molecule has 0 amide bonds. The van der Waals surface area contributed by atoms with Crippen LogP contribution in [0.3, 0.4) is 0 Å². The van der Waals surface area contributed by atoms with Crippen LogP contribution in [0.25, 0.3) is 0 Å². The second-order valence-electron chi connectivity index (χ2n) is 5.71. The molecule has 1 aromatic heterocycles. The van der Waals surface area contributed by atoms with Crippen LogP contribution < -0.4 is 5.73 Å². The summed E-state index contributed by atoms with van der Waals surface area (Å²) in [4.78, 5) is 3.99. The van der Waals surface area contributed by atoms with E-state index in [-0.39, 0.29) is 6.04 Å². The maximum atomic E-state index is 6.24. The van der Waals surface area contributed by atoms with Gasteiger partial charge in [0.1, 0.15) is 0 Å². The van der Waals surface area contributed by atoms with Gasteiger partial charge in [-0.3, -0.25) is 4.90 Å². The molecule has 18 heavy (non-hydrogen) atoms. The molecule has 102 valence electrons. The fourth-order valence-electron chi connectivity index (χ4n) is 2.55. The van der Waals surface area contributed by atoms with Crippen molar-refractivity contribution in [2.24, 2.45) is 5.73 Å². The van der Waals surface area contributed by atoms with Gasteiger partial charge in [-0.2, -0.15) is 11.8 Å². The quantitative estimate of drug-likeness (QED) is 0.923. The first-order chi connectivity index (χ1) is 8.49. The predicted octanol–water partition coefficient (Wildman–Crippen LogP) is 3.35. The molecular formula is C14H24N2S2. The summed E-state index contributed by atoms with van der Waals surface area (Å²) in [5.41, 5.74) is 6.24. The molecule has 4 heteroatoms. The van der Waals surface area contributed by atoms with Crippen LogP contribution in [-0.4, -0.2) is 34.5 Å². The Morgan fingerprint density at radius 1 is 1.39 bits per heavy atom. The molecule has 1 aromatic rings. The van der Waals surface area contributed by atoms with Gasteiger partial charge in [0.15, 0.2) is 0 Å². The predicted molar refractivity (Wildman–Crippen MR) is 83.4 cm³/mol. The Morgan fingerprint density at radius 3 is 2.78 bits per heavy atom. The second kappa shape index (κ2) is 5.95. The van der Waals surface area contributed by atoms with E-state index in [0.717, 1.165) is 13.1 Å². The Labute approximate surface area is 119 Å². The number of thioether (sulfide) groups is 1. The van der Waals surface area contributed by atoms with Crippen LogP contribution in [-0.2, 0) is 0 Å². The van der Waals surface area contributed by atoms with Gasteiger partial charge in [0.25, 0.3) is 0 Å². The summed E-state index contributed by atoms with van der Waals surface area (Å²) in [6, 6.07) is 4.93. The van der Waals surface area contributed by atoms with Gasteiger partial charge in [0.05, 0.1) is 6.04 Å². The Bertz CT molecular complexity index is 360. The highest BCUT2D eigenvalue weighted by Crippen LogP contribution is 2.35. The minimum atomic E-state index is 0.190. The van der Waals surface area contributed by atoms with Crippen molar-refractivity contribution in [3.63, 3.8) is 0 Å². The smallest absolute Gasteiger partial charge is 0.0591 e. The topological polar surface area (TPSA) is 29.3 Å². The Morgan fingerprint density at radius 2 is 2.17 bits per heavy atom. The standard InChI is InChI=1S/C14H24N2S2/c1-11(15)13(12-5-4-9-17-12)16-7-6-14(2,3)18-10-8-16/h4-5,9,11,13H,6-8,10,15H2,1-3H3. The summed E-state index contributed by atoms with van der Waals surface area (Å²) in [7, 11) is 0. The zero-order valence-electron chi connectivity index (χ0n) is 11.6. The third kappa shape index (κ3) is 3.50. The average Bonchev–Trinajstić information content (AvgIpc) is 2.72. The maximum absolute atomic E-state index is 6.24. The number of hydrogen-bond acceptors (Lipinski definition) is 4. The van der Waals surface area contributed by atoms with Gasteiger partial charge in [-0.25, -0.2) is 0 Å². The lowest BCUT2D eigenvalue weighted by atomic mass is 10.0. The zero-order chi connectivity index (χ0) is 13.2. The van der Waals surface area contributed by atoms with E-state index >= 15 is 0 Å². The SMILES string of the molecule is CC(N)C(c1cccs1)N1CCSC(C)(C)CC1. The molecule has 2 atom stereocenters. The number of thiophene rings is 1. The summed E-state index contributed by atoms with van der Waals surface area (Å²) in [5.74, 6) is 1.21. The monoisotopic (exact) mass is 284 g/mol. The molecule has 0 bridgehead atoms. The minimum Gasteiger partial charge on any atom is -0.326 e. The molecule has 0 saturated carbocycles. The molecule has 2 heterocycles. The highest BCUT2D eigenvalue weighted by atomic mass is 32.2. The highest BCUT2D eigenvalue weighted by Gasteiger charge is 2.30. The van der Waals surface area contributed by atoms with E-state index in [9.17, 15) is 0 Å². The number of hydrogen-bond donors (Lipinski definition) is 1. The Hall–Kier alpha value is -0.0300. The van der Waals surface area contributed by atoms with E-state index in [4.69, 9.17) is 5.73 Å². The number of nitrogens with two attached hydrogens (primary N) is 1. The van der Waals surface area contributed by atoms with Gasteiger partial charge in [0.2, 0.25) is 0 Å². The van der Waals surface area contributed by atoms with E-state index in [1.165, 1.54) is 17.1 Å². The first kappa shape index (κ1) is 14.4. The third-order valence-electron chi connectivity index (χ3n) is 3.60. The molecule has 1 aliphatic rings. The van der Waals surface area contributed by atoms with E-state index in [2.05, 4.69) is 54.9 Å². The highest BCUT2D eigenvalue weighted by molar-refractivity contribution is 8.00. The van der Waals surface area contributed by atoms with Crippen molar-refractivity contribution < 1.29 is 0 Å². The van der Waals surface area contributed by atoms with Crippen molar-refractivity contribution in [1.82, 2.24) is 4.90 Å². The van der Waals surface area contributed by atoms with E-state index < -0.39 is 0 Å². The number of nitrogens with zero attached hydrogens (tertiary/aromatic N) is 1. The van der Waals surface area contributed by atoms with Gasteiger partial charge in [0, 0.05) is 34.5 Å². The van der Waals surface area contributed by atoms with Crippen molar-refractivity contribution in [3.8, 4) is 0 Å². The molecule has 0 aromatic carbocycles. The summed E-state index contributed by atoms with van der Waals surface area (Å²) in [6.07, 6.45) is 1.24. The molecule has 1 fully saturated rings. The van der Waals surface area contributed by atoms with Gasteiger partial charge in [-0.05, 0) is 24.8 Å². The Balaban J connectivity index is 2.12. The fourth-order valence-corrected chi connectivity index (χ4v) is 4.63. The van der Waals surface area contributed by atoms with Gasteiger partial charge in [-0.15, -0.1) is 11.3 Å². The maximum Gasteiger partial charge on any atom is 0.0591 e. The van der Waals surface area contributed by atoms with E-state index in [1.54, 1.807) is 0 Å². The molecule has 2 rings (SSSR count). The molecule has 1 aliphatic heterocycles. The zero-order valence-corrected chi connectivity index (χ0v) is 13.2. The largest absolute Gasteiger partial charge is 0.326 e. The first-order valence-corrected chi connectivity index (χ1v) is 8.53. The van der Waals surface area contributed by atoms with Crippen molar-refractivity contribution in [2.75, 3.05) is 18.8 Å². The molecule has 0 radical (unpaired) electrons. The van der Waals surface area contributed by atoms with Crippen LogP contribution in [0, 0.1) is 0 Å². The lowest BCUT2D eigenvalue weighted by Gasteiger charge is -2.33. The summed E-state index contributed by atoms with van der Waals surface area (Å²) in [5, 5.41) is 2.15. The Kier molecular flexibility index (Phi) is 4.75. The normalized spacial score (nSPS) is 24.4. The van der Waals surface area contributed by atoms with Gasteiger partial charge >= 0.3 is 0 Å². The van der Waals surface area contributed by atoms with E-state index in [0.29, 0.717) is 10.8 Å². The van der Waals surface area contributed by atoms with E-state index in [1.807, 2.05) is 11.3 Å².